The molecule has 2 aliphatic rings. The van der Waals surface area contributed by atoms with Crippen molar-refractivity contribution in [2.45, 2.75) is 38.8 Å². The lowest BCUT2D eigenvalue weighted by molar-refractivity contribution is 0.0612. The van der Waals surface area contributed by atoms with Crippen molar-refractivity contribution in [2.75, 3.05) is 11.7 Å². The molecule has 38 heavy (non-hydrogen) atoms. The zero-order valence-electron chi connectivity index (χ0n) is 20.1. The van der Waals surface area contributed by atoms with Gasteiger partial charge in [0.1, 0.15) is 12.2 Å². The zero-order valence-corrected chi connectivity index (χ0v) is 20.1. The molecule has 1 aromatic heterocycles. The van der Waals surface area contributed by atoms with Gasteiger partial charge in [-0.05, 0) is 73.2 Å². The first kappa shape index (κ1) is 25.3. The first-order valence-corrected chi connectivity index (χ1v) is 11.7. The van der Waals surface area contributed by atoms with E-state index in [9.17, 15) is 42.2 Å². The smallest absolute Gasteiger partial charge is 0.341 e. The van der Waals surface area contributed by atoms with Crippen LogP contribution in [0.2, 0.25) is 0 Å². The van der Waals surface area contributed by atoms with Gasteiger partial charge < -0.3 is 15.1 Å². The molecule has 1 aliphatic heterocycles. The third kappa shape index (κ3) is 3.78. The average molecular weight is 531 g/mol. The van der Waals surface area contributed by atoms with Crippen molar-refractivity contribution in [2.24, 2.45) is 0 Å². The Labute approximate surface area is 212 Å². The fraction of sp³-hybridized carbons (Fsp3) is 0.269. The second-order valence-corrected chi connectivity index (χ2v) is 9.50. The molecule has 0 saturated carbocycles. The van der Waals surface area contributed by atoms with Crippen molar-refractivity contribution >= 4 is 11.9 Å². The predicted octanol–water partition coefficient (Wildman–Crippen LogP) is 3.46. The molecule has 12 heteroatoms. The quantitative estimate of drug-likeness (QED) is 0.502. The molecule has 0 fully saturated rings. The van der Waals surface area contributed by atoms with Gasteiger partial charge in [0.05, 0.1) is 6.04 Å². The Bertz CT molecular complexity index is 1530. The number of benzene rings is 2. The normalized spacial score (nSPS) is 15.3. The minimum Gasteiger partial charge on any atom is -0.502 e. The van der Waals surface area contributed by atoms with Crippen molar-refractivity contribution in [3.05, 3.63) is 97.5 Å². The van der Waals surface area contributed by atoms with E-state index in [0.717, 1.165) is 35.1 Å². The van der Waals surface area contributed by atoms with Gasteiger partial charge in [-0.1, -0.05) is 0 Å². The SMILES string of the molecule is CC(C)N1CN(C2c3cc(F)c(F)cc3CCc3cc(F)c(F)cc32)n2cc(C(=O)O)c(=O)c(O)c2C1=O. The van der Waals surface area contributed by atoms with Crippen LogP contribution >= 0.6 is 0 Å². The van der Waals surface area contributed by atoms with Crippen LogP contribution in [0.5, 0.6) is 5.75 Å². The van der Waals surface area contributed by atoms with Crippen molar-refractivity contribution in [1.82, 2.24) is 9.58 Å². The summed E-state index contributed by atoms with van der Waals surface area (Å²) in [5, 5.41) is 21.6. The van der Waals surface area contributed by atoms with Crippen LogP contribution in [0.1, 0.15) is 63.0 Å². The lowest BCUT2D eigenvalue weighted by atomic mass is 9.93. The number of pyridine rings is 1. The fourth-order valence-electron chi connectivity index (χ4n) is 5.08. The van der Waals surface area contributed by atoms with Gasteiger partial charge >= 0.3 is 5.97 Å². The number of hydrogen-bond acceptors (Lipinski definition) is 5. The van der Waals surface area contributed by atoms with Crippen molar-refractivity contribution < 1.29 is 37.4 Å². The monoisotopic (exact) mass is 531 g/mol. The van der Waals surface area contributed by atoms with Crippen LogP contribution < -0.4 is 10.4 Å². The van der Waals surface area contributed by atoms with Gasteiger partial charge in [0.25, 0.3) is 5.91 Å². The third-order valence-corrected chi connectivity index (χ3v) is 6.97. The Morgan fingerprint density at radius 3 is 1.89 bits per heavy atom. The van der Waals surface area contributed by atoms with Crippen LogP contribution in [0.4, 0.5) is 17.6 Å². The summed E-state index contributed by atoms with van der Waals surface area (Å²) in [5.41, 5.74) is -1.73. The summed E-state index contributed by atoms with van der Waals surface area (Å²) >= 11 is 0. The molecule has 0 spiro atoms. The molecule has 0 radical (unpaired) electrons. The Morgan fingerprint density at radius 2 is 1.42 bits per heavy atom. The van der Waals surface area contributed by atoms with Gasteiger partial charge in [0, 0.05) is 12.2 Å². The summed E-state index contributed by atoms with van der Waals surface area (Å²) in [6, 6.07) is 2.11. The molecule has 0 unspecified atom stereocenters. The highest BCUT2D eigenvalue weighted by Gasteiger charge is 2.41. The van der Waals surface area contributed by atoms with Gasteiger partial charge in [-0.2, -0.15) is 0 Å². The number of hydrogen-bond donors (Lipinski definition) is 2. The summed E-state index contributed by atoms with van der Waals surface area (Å²) in [7, 11) is 0. The Hall–Kier alpha value is -4.35. The van der Waals surface area contributed by atoms with E-state index in [4.69, 9.17) is 0 Å². The first-order chi connectivity index (χ1) is 17.9. The number of aromatic hydroxyl groups is 1. The summed E-state index contributed by atoms with van der Waals surface area (Å²) in [4.78, 5) is 39.0. The molecule has 2 N–H and O–H groups in total. The van der Waals surface area contributed by atoms with Gasteiger partial charge in [-0.15, -0.1) is 0 Å². The van der Waals surface area contributed by atoms with E-state index >= 15 is 0 Å². The highest BCUT2D eigenvalue weighted by molar-refractivity contribution is 5.98. The molecule has 0 bridgehead atoms. The van der Waals surface area contributed by atoms with E-state index in [1.807, 2.05) is 0 Å². The second-order valence-electron chi connectivity index (χ2n) is 9.50. The molecule has 1 aliphatic carbocycles. The Morgan fingerprint density at radius 1 is 0.921 bits per heavy atom. The number of nitrogens with zero attached hydrogens (tertiary/aromatic N) is 3. The molecule has 2 aromatic carbocycles. The van der Waals surface area contributed by atoms with Crippen LogP contribution in [0.3, 0.4) is 0 Å². The Balaban J connectivity index is 1.88. The molecular formula is C26H21F4N3O5. The van der Waals surface area contributed by atoms with Crippen LogP contribution in [0.25, 0.3) is 0 Å². The van der Waals surface area contributed by atoms with Crippen LogP contribution in [-0.4, -0.2) is 44.4 Å². The number of halogens is 4. The lowest BCUT2D eigenvalue weighted by Crippen LogP contribution is -2.57. The van der Waals surface area contributed by atoms with E-state index < -0.39 is 69.7 Å². The third-order valence-electron chi connectivity index (χ3n) is 6.97. The molecular weight excluding hydrogens is 510 g/mol. The number of aromatic nitrogens is 1. The summed E-state index contributed by atoms with van der Waals surface area (Å²) in [6.45, 7) is 3.03. The number of fused-ring (bicyclic) bond motifs is 3. The van der Waals surface area contributed by atoms with E-state index in [0.29, 0.717) is 11.1 Å². The number of rotatable bonds is 3. The molecule has 0 atom stereocenters. The number of carboxylic acid groups (broad SMARTS) is 1. The maximum absolute atomic E-state index is 14.6. The molecule has 1 amide bonds. The number of carboxylic acids is 1. The molecule has 2 heterocycles. The summed E-state index contributed by atoms with van der Waals surface area (Å²) in [6.07, 6.45) is 1.13. The summed E-state index contributed by atoms with van der Waals surface area (Å²) in [5.74, 6) is -8.24. The number of amides is 1. The number of aryl methyl sites for hydroxylation is 2. The van der Waals surface area contributed by atoms with E-state index in [1.54, 1.807) is 13.8 Å². The summed E-state index contributed by atoms with van der Waals surface area (Å²) < 4.78 is 58.7. The minimum absolute atomic E-state index is 0.143. The molecule has 198 valence electrons. The number of carbonyl (C=O) groups excluding carboxylic acids is 1. The Kier molecular flexibility index (Phi) is 5.92. The fourth-order valence-corrected chi connectivity index (χ4v) is 5.08. The van der Waals surface area contributed by atoms with Gasteiger partial charge in [0.15, 0.2) is 34.7 Å². The number of carbonyl (C=O) groups is 2. The number of aromatic carboxylic acids is 1. The van der Waals surface area contributed by atoms with E-state index in [1.165, 1.54) is 9.91 Å². The van der Waals surface area contributed by atoms with Gasteiger partial charge in [-0.25, -0.2) is 22.4 Å². The highest BCUT2D eigenvalue weighted by atomic mass is 19.2. The van der Waals surface area contributed by atoms with Gasteiger partial charge in [0.2, 0.25) is 5.43 Å². The maximum Gasteiger partial charge on any atom is 0.341 e. The minimum atomic E-state index is -1.68. The molecule has 3 aromatic rings. The van der Waals surface area contributed by atoms with Crippen LogP contribution in [0.15, 0.2) is 35.3 Å². The van der Waals surface area contributed by atoms with Crippen molar-refractivity contribution in [1.29, 1.82) is 0 Å². The molecule has 0 saturated heterocycles. The van der Waals surface area contributed by atoms with Gasteiger partial charge in [-0.3, -0.25) is 19.3 Å². The predicted molar refractivity (Wildman–Crippen MR) is 126 cm³/mol. The first-order valence-electron chi connectivity index (χ1n) is 11.7. The van der Waals surface area contributed by atoms with Crippen molar-refractivity contribution in [3.8, 4) is 5.75 Å². The standard InChI is InChI=1S/C26H21F4N3O5/c1-11(2)31-10-33(32-9-16(26(37)38)23(34)24(35)22(32)25(31)36)21-14-7-19(29)17(27)5-12(14)3-4-13-6-18(28)20(30)8-15(13)21/h5-9,11,21,35H,3-4,10H2,1-2H3,(H,37,38). The van der Waals surface area contributed by atoms with E-state index in [2.05, 4.69) is 0 Å². The lowest BCUT2D eigenvalue weighted by Gasteiger charge is -2.45. The second kappa shape index (κ2) is 8.89. The van der Waals surface area contributed by atoms with Crippen LogP contribution in [0, 0.1) is 23.3 Å². The van der Waals surface area contributed by atoms with Crippen molar-refractivity contribution in [3.63, 3.8) is 0 Å². The zero-order chi connectivity index (χ0) is 27.6. The maximum atomic E-state index is 14.6. The van der Waals surface area contributed by atoms with Crippen LogP contribution in [-0.2, 0) is 12.8 Å². The molecule has 8 nitrogen and oxygen atoms in total. The van der Waals surface area contributed by atoms with E-state index in [-0.39, 0.29) is 30.6 Å². The topological polar surface area (TPSA) is 103 Å². The highest BCUT2D eigenvalue weighted by Crippen LogP contribution is 2.40. The molecule has 5 rings (SSSR count). The largest absolute Gasteiger partial charge is 0.502 e. The average Bonchev–Trinajstić information content (AvgIpc) is 2.98.